The number of hydrogen-bond donors (Lipinski definition) is 1. The van der Waals surface area contributed by atoms with E-state index in [2.05, 4.69) is 20.1 Å². The Morgan fingerprint density at radius 1 is 1.00 bits per heavy atom. The Labute approximate surface area is 198 Å². The smallest absolute Gasteiger partial charge is 0.289 e. The molecule has 0 atom stereocenters. The van der Waals surface area contributed by atoms with Crippen LogP contribution in [0, 0.1) is 0 Å². The molecule has 0 radical (unpaired) electrons. The Morgan fingerprint density at radius 3 is 2.59 bits per heavy atom. The number of morpholine rings is 1. The van der Waals surface area contributed by atoms with Crippen molar-refractivity contribution in [1.29, 1.82) is 0 Å². The number of furan rings is 1. The lowest BCUT2D eigenvalue weighted by Crippen LogP contribution is -2.49. The van der Waals surface area contributed by atoms with Crippen molar-refractivity contribution >= 4 is 28.4 Å². The Morgan fingerprint density at radius 2 is 1.82 bits per heavy atom. The molecule has 0 spiro atoms. The van der Waals surface area contributed by atoms with Crippen LogP contribution >= 0.6 is 0 Å². The van der Waals surface area contributed by atoms with Gasteiger partial charge in [-0.25, -0.2) is 4.98 Å². The highest BCUT2D eigenvalue weighted by molar-refractivity contribution is 6.01. The number of pyridine rings is 1. The summed E-state index contributed by atoms with van der Waals surface area (Å²) in [5, 5.41) is 5.00. The molecule has 34 heavy (non-hydrogen) atoms. The zero-order valence-electron chi connectivity index (χ0n) is 19.1. The monoisotopic (exact) mass is 463 g/mol. The molecule has 9 heteroatoms. The van der Waals surface area contributed by atoms with Crippen molar-refractivity contribution in [3.8, 4) is 0 Å². The quantitative estimate of drug-likeness (QED) is 0.597. The van der Waals surface area contributed by atoms with Crippen molar-refractivity contribution in [1.82, 2.24) is 20.1 Å². The van der Waals surface area contributed by atoms with Crippen LogP contribution in [-0.4, -0.2) is 92.2 Å². The van der Waals surface area contributed by atoms with Gasteiger partial charge in [0.25, 0.3) is 11.8 Å². The first-order valence-electron chi connectivity index (χ1n) is 11.7. The Hall–Kier alpha value is -3.43. The predicted molar refractivity (Wildman–Crippen MR) is 128 cm³/mol. The summed E-state index contributed by atoms with van der Waals surface area (Å²) >= 11 is 0. The minimum absolute atomic E-state index is 0.0844. The summed E-state index contributed by atoms with van der Waals surface area (Å²) in [6.45, 7) is 7.21. The normalized spacial score (nSPS) is 17.2. The van der Waals surface area contributed by atoms with Crippen LogP contribution in [0.1, 0.15) is 20.9 Å². The first-order valence-corrected chi connectivity index (χ1v) is 11.7. The molecule has 2 amide bonds. The number of anilines is 1. The van der Waals surface area contributed by atoms with E-state index < -0.39 is 0 Å². The van der Waals surface area contributed by atoms with E-state index in [-0.39, 0.29) is 11.8 Å². The maximum Gasteiger partial charge on any atom is 0.289 e. The number of rotatable bonds is 6. The van der Waals surface area contributed by atoms with Gasteiger partial charge in [0.05, 0.1) is 19.5 Å². The molecule has 2 aliphatic heterocycles. The Bertz CT molecular complexity index is 1140. The van der Waals surface area contributed by atoms with Gasteiger partial charge in [-0.1, -0.05) is 6.07 Å². The summed E-state index contributed by atoms with van der Waals surface area (Å²) in [7, 11) is 0. The summed E-state index contributed by atoms with van der Waals surface area (Å²) in [5.41, 5.74) is 0.621. The van der Waals surface area contributed by atoms with E-state index >= 15 is 0 Å². The molecule has 2 saturated heterocycles. The van der Waals surface area contributed by atoms with Gasteiger partial charge >= 0.3 is 0 Å². The Balaban J connectivity index is 1.25. The van der Waals surface area contributed by atoms with Crippen molar-refractivity contribution < 1.29 is 18.7 Å². The third-order valence-electron chi connectivity index (χ3n) is 6.42. The average Bonchev–Trinajstić information content (AvgIpc) is 3.43. The molecule has 4 heterocycles. The number of fused-ring (bicyclic) bond motifs is 1. The van der Waals surface area contributed by atoms with Crippen LogP contribution in [0.3, 0.4) is 0 Å². The second-order valence-electron chi connectivity index (χ2n) is 8.54. The van der Waals surface area contributed by atoms with Gasteiger partial charge in [-0.2, -0.15) is 0 Å². The molecular weight excluding hydrogens is 434 g/mol. The number of nitrogens with one attached hydrogen (secondary N) is 1. The van der Waals surface area contributed by atoms with Crippen molar-refractivity contribution in [2.24, 2.45) is 0 Å². The van der Waals surface area contributed by atoms with Crippen molar-refractivity contribution in [2.75, 3.05) is 70.5 Å². The first kappa shape index (κ1) is 22.4. The molecule has 2 aliphatic rings. The van der Waals surface area contributed by atoms with E-state index in [1.807, 2.05) is 24.3 Å². The largest absolute Gasteiger partial charge is 0.459 e. The zero-order chi connectivity index (χ0) is 23.3. The summed E-state index contributed by atoms with van der Waals surface area (Å²) in [5.74, 6) is 1.02. The number of aromatic nitrogens is 1. The molecule has 1 aromatic carbocycles. The van der Waals surface area contributed by atoms with E-state index in [1.54, 1.807) is 23.2 Å². The highest BCUT2D eigenvalue weighted by Gasteiger charge is 2.25. The third-order valence-corrected chi connectivity index (χ3v) is 6.42. The van der Waals surface area contributed by atoms with Crippen molar-refractivity contribution in [3.63, 3.8) is 0 Å². The Kier molecular flexibility index (Phi) is 6.73. The molecule has 2 fully saturated rings. The van der Waals surface area contributed by atoms with E-state index in [4.69, 9.17) is 9.15 Å². The lowest BCUT2D eigenvalue weighted by atomic mass is 10.1. The van der Waals surface area contributed by atoms with Crippen LogP contribution in [0.4, 0.5) is 5.82 Å². The molecule has 5 rings (SSSR count). The molecule has 0 unspecified atom stereocenters. The molecule has 178 valence electrons. The minimum Gasteiger partial charge on any atom is -0.459 e. The number of carbonyl (C=O) groups excluding carboxylic acids is 2. The molecular formula is C25H29N5O4. The fourth-order valence-corrected chi connectivity index (χ4v) is 4.48. The van der Waals surface area contributed by atoms with Gasteiger partial charge in [0.15, 0.2) is 5.76 Å². The van der Waals surface area contributed by atoms with Crippen molar-refractivity contribution in [3.05, 3.63) is 60.2 Å². The molecule has 2 aromatic heterocycles. The van der Waals surface area contributed by atoms with E-state index in [9.17, 15) is 9.59 Å². The van der Waals surface area contributed by atoms with Crippen LogP contribution in [0.15, 0.2) is 53.3 Å². The average molecular weight is 464 g/mol. The number of piperazine rings is 1. The number of carbonyl (C=O) groups is 2. The summed E-state index contributed by atoms with van der Waals surface area (Å²) in [6, 6.07) is 11.1. The molecule has 3 aromatic rings. The van der Waals surface area contributed by atoms with Gasteiger partial charge in [0, 0.05) is 69.5 Å². The third kappa shape index (κ3) is 4.90. The molecule has 0 saturated carbocycles. The van der Waals surface area contributed by atoms with Crippen LogP contribution in [-0.2, 0) is 4.74 Å². The number of nitrogens with zero attached hydrogens (tertiary/aromatic N) is 4. The predicted octanol–water partition coefficient (Wildman–Crippen LogP) is 1.85. The van der Waals surface area contributed by atoms with Crippen molar-refractivity contribution in [2.45, 2.75) is 0 Å². The summed E-state index contributed by atoms with van der Waals surface area (Å²) in [6.07, 6.45) is 3.31. The molecule has 9 nitrogen and oxygen atoms in total. The molecule has 1 N–H and O–H groups in total. The second kappa shape index (κ2) is 10.2. The highest BCUT2D eigenvalue weighted by Crippen LogP contribution is 2.27. The maximum atomic E-state index is 12.8. The number of ether oxygens (including phenoxy) is 1. The van der Waals surface area contributed by atoms with Crippen LogP contribution in [0.5, 0.6) is 0 Å². The van der Waals surface area contributed by atoms with Gasteiger partial charge < -0.3 is 24.3 Å². The number of hydrogen-bond acceptors (Lipinski definition) is 7. The first-order chi connectivity index (χ1) is 16.7. The van der Waals surface area contributed by atoms with Crippen LogP contribution < -0.4 is 10.2 Å². The SMILES string of the molecule is O=C(NCCN1CCOCC1)c1ccc2ccnc(N3CCN(C(=O)c4ccco4)CC3)c2c1. The molecule has 0 aliphatic carbocycles. The van der Waals surface area contributed by atoms with Gasteiger partial charge in [0.2, 0.25) is 0 Å². The number of benzene rings is 1. The zero-order valence-corrected chi connectivity index (χ0v) is 19.1. The number of amides is 2. The highest BCUT2D eigenvalue weighted by atomic mass is 16.5. The second-order valence-corrected chi connectivity index (χ2v) is 8.54. The van der Waals surface area contributed by atoms with Gasteiger partial charge in [-0.3, -0.25) is 14.5 Å². The molecule has 0 bridgehead atoms. The van der Waals surface area contributed by atoms with Crippen LogP contribution in [0.25, 0.3) is 10.8 Å². The maximum absolute atomic E-state index is 12.8. The van der Waals surface area contributed by atoms with Gasteiger partial charge in [0.1, 0.15) is 5.82 Å². The topological polar surface area (TPSA) is 91.2 Å². The van der Waals surface area contributed by atoms with E-state index in [1.165, 1.54) is 6.26 Å². The van der Waals surface area contributed by atoms with Gasteiger partial charge in [-0.05, 0) is 35.7 Å². The van der Waals surface area contributed by atoms with E-state index in [0.717, 1.165) is 49.4 Å². The minimum atomic E-state index is -0.0911. The standard InChI is InChI=1S/C25H29N5O4/c31-24(27-7-8-28-13-16-33-17-14-28)20-4-3-19-5-6-26-23(21(19)18-20)29-9-11-30(12-10-29)25(32)22-2-1-15-34-22/h1-6,15,18H,7-14,16-17H2,(H,27,31). The fraction of sp³-hybridized carbons (Fsp3) is 0.400. The lowest BCUT2D eigenvalue weighted by molar-refractivity contribution is 0.0383. The van der Waals surface area contributed by atoms with E-state index in [0.29, 0.717) is 44.0 Å². The lowest BCUT2D eigenvalue weighted by Gasteiger charge is -2.35. The van der Waals surface area contributed by atoms with Crippen LogP contribution in [0.2, 0.25) is 0 Å². The summed E-state index contributed by atoms with van der Waals surface area (Å²) in [4.78, 5) is 36.3. The summed E-state index contributed by atoms with van der Waals surface area (Å²) < 4.78 is 10.6. The fourth-order valence-electron chi connectivity index (χ4n) is 4.48. The van der Waals surface area contributed by atoms with Gasteiger partial charge in [-0.15, -0.1) is 0 Å².